The molecule has 0 aliphatic carbocycles. The van der Waals surface area contributed by atoms with E-state index in [2.05, 4.69) is 16.7 Å². The molecule has 3 aromatic rings. The Morgan fingerprint density at radius 3 is 2.81 bits per heavy atom. The molecule has 2 fully saturated rings. The van der Waals surface area contributed by atoms with E-state index in [1.807, 2.05) is 36.4 Å². The smallest absolute Gasteiger partial charge is 0.408 e. The number of fused-ring (bicyclic) bond motifs is 2. The molecule has 164 valence electrons. The van der Waals surface area contributed by atoms with E-state index in [-0.39, 0.29) is 29.9 Å². The zero-order valence-electron chi connectivity index (χ0n) is 17.7. The molecule has 2 aliphatic heterocycles. The lowest BCUT2D eigenvalue weighted by molar-refractivity contribution is -0.123. The highest BCUT2D eigenvalue weighted by molar-refractivity contribution is 5.83. The van der Waals surface area contributed by atoms with Gasteiger partial charge in [0.15, 0.2) is 5.58 Å². The molecule has 5 rings (SSSR count). The number of ether oxygens (including phenoxy) is 1. The van der Waals surface area contributed by atoms with Crippen LogP contribution in [0.1, 0.15) is 18.4 Å². The Kier molecular flexibility index (Phi) is 5.29. The average molecular weight is 432 g/mol. The van der Waals surface area contributed by atoms with E-state index in [1.54, 1.807) is 13.1 Å². The first kappa shape index (κ1) is 20.5. The molecule has 8 nitrogen and oxygen atoms in total. The SMILES string of the molecule is Cn1c(=O)oc2ccc(-c3ccc(C[C@@H](C#N)NC(=O)C4C[C@H]5OCCC5N4)cc3)cc21. The zero-order valence-corrected chi connectivity index (χ0v) is 17.7. The van der Waals surface area contributed by atoms with Crippen molar-refractivity contribution in [2.45, 2.75) is 43.5 Å². The van der Waals surface area contributed by atoms with Gasteiger partial charge in [-0.3, -0.25) is 9.36 Å². The van der Waals surface area contributed by atoms with Crippen LogP contribution in [0.5, 0.6) is 0 Å². The Labute approximate surface area is 184 Å². The maximum absolute atomic E-state index is 12.6. The van der Waals surface area contributed by atoms with E-state index in [1.165, 1.54) is 4.57 Å². The van der Waals surface area contributed by atoms with Crippen LogP contribution in [0.25, 0.3) is 22.2 Å². The number of hydrogen-bond acceptors (Lipinski definition) is 6. The molecule has 2 saturated heterocycles. The van der Waals surface area contributed by atoms with Gasteiger partial charge in [-0.05, 0) is 41.7 Å². The van der Waals surface area contributed by atoms with Crippen molar-refractivity contribution in [1.82, 2.24) is 15.2 Å². The van der Waals surface area contributed by atoms with Crippen LogP contribution >= 0.6 is 0 Å². The number of hydrogen-bond donors (Lipinski definition) is 2. The molecule has 32 heavy (non-hydrogen) atoms. The summed E-state index contributed by atoms with van der Waals surface area (Å²) in [6.45, 7) is 0.738. The van der Waals surface area contributed by atoms with E-state index in [0.717, 1.165) is 35.2 Å². The maximum atomic E-state index is 12.6. The summed E-state index contributed by atoms with van der Waals surface area (Å²) in [6, 6.07) is 15.0. The van der Waals surface area contributed by atoms with E-state index in [4.69, 9.17) is 9.15 Å². The third-order valence-corrected chi connectivity index (χ3v) is 6.40. The molecule has 2 unspecified atom stereocenters. The van der Waals surface area contributed by atoms with Crippen LogP contribution < -0.4 is 16.4 Å². The number of aromatic nitrogens is 1. The van der Waals surface area contributed by atoms with Crippen LogP contribution in [0.2, 0.25) is 0 Å². The predicted molar refractivity (Wildman–Crippen MR) is 118 cm³/mol. The number of nitriles is 1. The molecule has 1 amide bonds. The first-order chi connectivity index (χ1) is 15.5. The van der Waals surface area contributed by atoms with Gasteiger partial charge < -0.3 is 19.8 Å². The van der Waals surface area contributed by atoms with Crippen molar-refractivity contribution in [2.75, 3.05) is 6.61 Å². The first-order valence-electron chi connectivity index (χ1n) is 10.8. The number of carbonyl (C=O) groups is 1. The van der Waals surface area contributed by atoms with Crippen LogP contribution in [0.15, 0.2) is 51.7 Å². The molecule has 4 atom stereocenters. The summed E-state index contributed by atoms with van der Waals surface area (Å²) >= 11 is 0. The number of rotatable bonds is 5. The van der Waals surface area contributed by atoms with Crippen molar-refractivity contribution in [1.29, 1.82) is 5.26 Å². The highest BCUT2D eigenvalue weighted by Gasteiger charge is 2.41. The summed E-state index contributed by atoms with van der Waals surface area (Å²) in [7, 11) is 1.68. The van der Waals surface area contributed by atoms with Gasteiger partial charge in [0, 0.05) is 26.1 Å². The van der Waals surface area contributed by atoms with Gasteiger partial charge in [-0.25, -0.2) is 4.79 Å². The molecule has 0 spiro atoms. The van der Waals surface area contributed by atoms with Crippen LogP contribution in [-0.4, -0.2) is 41.3 Å². The number of nitrogens with zero attached hydrogens (tertiary/aromatic N) is 2. The molecule has 2 aliphatic rings. The second kappa shape index (κ2) is 8.26. The number of aryl methyl sites for hydroxylation is 1. The standard InChI is InChI=1S/C24H24N4O4/c1-28-20-11-16(6-7-21(20)32-24(28)30)15-4-2-14(3-5-15)10-17(13-25)26-23(29)19-12-22-18(27-19)8-9-31-22/h2-7,11,17-19,22,27H,8-10,12H2,1H3,(H,26,29)/t17-,18?,19?,22+/m0/s1. The summed E-state index contributed by atoms with van der Waals surface area (Å²) in [5.41, 5.74) is 4.20. The van der Waals surface area contributed by atoms with Gasteiger partial charge in [-0.2, -0.15) is 5.26 Å². The van der Waals surface area contributed by atoms with E-state index in [9.17, 15) is 14.9 Å². The molecule has 3 heterocycles. The molecule has 0 saturated carbocycles. The minimum absolute atomic E-state index is 0.0996. The normalized spacial score (nSPS) is 23.1. The van der Waals surface area contributed by atoms with Crippen molar-refractivity contribution in [3.05, 3.63) is 58.6 Å². The third kappa shape index (κ3) is 3.81. The van der Waals surface area contributed by atoms with Crippen LogP contribution in [0.3, 0.4) is 0 Å². The van der Waals surface area contributed by atoms with Gasteiger partial charge in [0.2, 0.25) is 5.91 Å². The second-order valence-electron chi connectivity index (χ2n) is 8.46. The van der Waals surface area contributed by atoms with Gasteiger partial charge in [-0.15, -0.1) is 0 Å². The average Bonchev–Trinajstić information content (AvgIpc) is 3.48. The monoisotopic (exact) mass is 432 g/mol. The summed E-state index contributed by atoms with van der Waals surface area (Å²) in [5.74, 6) is -0.536. The minimum atomic E-state index is -0.603. The Bertz CT molecular complexity index is 1240. The molecule has 8 heteroatoms. The quantitative estimate of drug-likeness (QED) is 0.637. The van der Waals surface area contributed by atoms with Crippen LogP contribution in [0.4, 0.5) is 0 Å². The Morgan fingerprint density at radius 1 is 1.28 bits per heavy atom. The van der Waals surface area contributed by atoms with Crippen LogP contribution in [0, 0.1) is 11.3 Å². The fraction of sp³-hybridized carbons (Fsp3) is 0.375. The minimum Gasteiger partial charge on any atom is -0.408 e. The number of amides is 1. The Hall–Kier alpha value is -3.41. The summed E-state index contributed by atoms with van der Waals surface area (Å²) < 4.78 is 12.3. The third-order valence-electron chi connectivity index (χ3n) is 6.40. The zero-order chi connectivity index (χ0) is 22.2. The van der Waals surface area contributed by atoms with Gasteiger partial charge in [0.1, 0.15) is 6.04 Å². The number of carbonyl (C=O) groups excluding carboxylic acids is 1. The van der Waals surface area contributed by atoms with E-state index in [0.29, 0.717) is 18.4 Å². The van der Waals surface area contributed by atoms with Crippen molar-refractivity contribution >= 4 is 17.0 Å². The summed E-state index contributed by atoms with van der Waals surface area (Å²) in [6.07, 6.45) is 2.10. The summed E-state index contributed by atoms with van der Waals surface area (Å²) in [5, 5.41) is 15.7. The van der Waals surface area contributed by atoms with E-state index < -0.39 is 6.04 Å². The molecule has 2 aromatic carbocycles. The molecular weight excluding hydrogens is 408 g/mol. The van der Waals surface area contributed by atoms with Crippen molar-refractivity contribution in [2.24, 2.45) is 7.05 Å². The predicted octanol–water partition coefficient (Wildman–Crippen LogP) is 1.87. The second-order valence-corrected chi connectivity index (χ2v) is 8.46. The van der Waals surface area contributed by atoms with Crippen molar-refractivity contribution < 1.29 is 13.9 Å². The fourth-order valence-corrected chi connectivity index (χ4v) is 4.59. The highest BCUT2D eigenvalue weighted by atomic mass is 16.5. The molecule has 2 N–H and O–H groups in total. The largest absolute Gasteiger partial charge is 0.419 e. The van der Waals surface area contributed by atoms with Gasteiger partial charge >= 0.3 is 5.76 Å². The molecule has 0 radical (unpaired) electrons. The summed E-state index contributed by atoms with van der Waals surface area (Å²) in [4.78, 5) is 24.3. The lowest BCUT2D eigenvalue weighted by Gasteiger charge is -2.17. The lowest BCUT2D eigenvalue weighted by Crippen LogP contribution is -2.46. The molecule has 1 aromatic heterocycles. The maximum Gasteiger partial charge on any atom is 0.419 e. The molecule has 0 bridgehead atoms. The first-order valence-corrected chi connectivity index (χ1v) is 10.8. The van der Waals surface area contributed by atoms with Crippen LogP contribution in [-0.2, 0) is 23.0 Å². The number of benzene rings is 2. The van der Waals surface area contributed by atoms with Crippen molar-refractivity contribution in [3.8, 4) is 17.2 Å². The lowest BCUT2D eigenvalue weighted by atomic mass is 10.0. The Morgan fingerprint density at radius 2 is 2.06 bits per heavy atom. The molecular formula is C24H24N4O4. The highest BCUT2D eigenvalue weighted by Crippen LogP contribution is 2.26. The van der Waals surface area contributed by atoms with Gasteiger partial charge in [0.05, 0.1) is 23.7 Å². The van der Waals surface area contributed by atoms with Crippen molar-refractivity contribution in [3.63, 3.8) is 0 Å². The van der Waals surface area contributed by atoms with Gasteiger partial charge in [-0.1, -0.05) is 30.3 Å². The fourth-order valence-electron chi connectivity index (χ4n) is 4.59. The number of oxazole rings is 1. The Balaban J connectivity index is 1.24. The topological polar surface area (TPSA) is 109 Å². The van der Waals surface area contributed by atoms with Gasteiger partial charge in [0.25, 0.3) is 0 Å². The van der Waals surface area contributed by atoms with E-state index >= 15 is 0 Å². The number of nitrogens with one attached hydrogen (secondary N) is 2.